The first kappa shape index (κ1) is 11.6. The number of benzene rings is 1. The van der Waals surface area contributed by atoms with Gasteiger partial charge in [-0.25, -0.2) is 0 Å². The number of aromatic hydroxyl groups is 1. The average molecular weight is 251 g/mol. The molecule has 0 aliphatic rings. The Labute approximate surface area is 98.1 Å². The molecular weight excluding hydrogens is 242 g/mol. The highest BCUT2D eigenvalue weighted by molar-refractivity contribution is 7.85. The number of hydrogen-bond donors (Lipinski definition) is 2. The molecule has 0 saturated heterocycles. The van der Waals surface area contributed by atoms with Gasteiger partial charge in [-0.1, -0.05) is 12.1 Å². The molecule has 2 N–H and O–H groups in total. The monoisotopic (exact) mass is 251 g/mol. The molecule has 2 aromatic rings. The molecule has 1 heterocycles. The molecule has 0 spiro atoms. The molecule has 1 aromatic carbocycles. The van der Waals surface area contributed by atoms with Crippen molar-refractivity contribution in [3.8, 4) is 17.0 Å². The summed E-state index contributed by atoms with van der Waals surface area (Å²) in [6.07, 6.45) is 1.52. The summed E-state index contributed by atoms with van der Waals surface area (Å²) in [5.41, 5.74) is 0.921. The van der Waals surface area contributed by atoms with Gasteiger partial charge in [0.1, 0.15) is 11.4 Å². The van der Waals surface area contributed by atoms with Crippen LogP contribution in [0.25, 0.3) is 11.3 Å². The first-order valence-corrected chi connectivity index (χ1v) is 6.14. The summed E-state index contributed by atoms with van der Waals surface area (Å²) in [5.74, 6) is 0.00658. The summed E-state index contributed by atoms with van der Waals surface area (Å²) in [5, 5.41) is 9.56. The van der Waals surface area contributed by atoms with Crippen molar-refractivity contribution in [3.63, 3.8) is 0 Å². The predicted octanol–water partition coefficient (Wildman–Crippen LogP) is 1.70. The molecule has 0 unspecified atom stereocenters. The maximum absolute atomic E-state index is 10.8. The Hall–Kier alpha value is -1.92. The zero-order valence-corrected chi connectivity index (χ0v) is 9.42. The smallest absolute Gasteiger partial charge is 0.294 e. The van der Waals surface area contributed by atoms with Crippen LogP contribution in [0, 0.1) is 0 Å². The highest BCUT2D eigenvalue weighted by Gasteiger charge is 2.10. The Morgan fingerprint density at radius 1 is 1.06 bits per heavy atom. The Bertz CT molecular complexity index is 635. The third kappa shape index (κ3) is 2.43. The van der Waals surface area contributed by atoms with E-state index in [1.807, 2.05) is 0 Å². The molecule has 5 nitrogen and oxygen atoms in total. The van der Waals surface area contributed by atoms with Crippen molar-refractivity contribution < 1.29 is 18.1 Å². The minimum Gasteiger partial charge on any atom is -0.506 e. The lowest BCUT2D eigenvalue weighted by atomic mass is 10.1. The number of aromatic nitrogens is 1. The maximum atomic E-state index is 10.8. The van der Waals surface area contributed by atoms with Crippen LogP contribution in [-0.2, 0) is 10.1 Å². The van der Waals surface area contributed by atoms with Crippen LogP contribution in [0.4, 0.5) is 0 Å². The second-order valence-corrected chi connectivity index (χ2v) is 4.79. The number of hydrogen-bond acceptors (Lipinski definition) is 4. The van der Waals surface area contributed by atoms with Crippen molar-refractivity contribution in [1.29, 1.82) is 0 Å². The lowest BCUT2D eigenvalue weighted by Gasteiger charge is -2.03. The fraction of sp³-hybridized carbons (Fsp3) is 0. The zero-order chi connectivity index (χ0) is 12.5. The van der Waals surface area contributed by atoms with Crippen LogP contribution in [0.15, 0.2) is 47.5 Å². The van der Waals surface area contributed by atoms with E-state index in [9.17, 15) is 13.5 Å². The highest BCUT2D eigenvalue weighted by Crippen LogP contribution is 2.26. The Kier molecular flexibility index (Phi) is 2.83. The molecule has 1 aromatic heterocycles. The van der Waals surface area contributed by atoms with E-state index < -0.39 is 10.1 Å². The molecule has 6 heteroatoms. The van der Waals surface area contributed by atoms with Crippen LogP contribution in [0.2, 0.25) is 0 Å². The van der Waals surface area contributed by atoms with Gasteiger partial charge in [0, 0.05) is 11.8 Å². The van der Waals surface area contributed by atoms with Crippen LogP contribution < -0.4 is 0 Å². The van der Waals surface area contributed by atoms with Gasteiger partial charge in [-0.15, -0.1) is 0 Å². The first-order valence-electron chi connectivity index (χ1n) is 4.70. The molecular formula is C11H9NO4S. The molecule has 0 aliphatic heterocycles. The van der Waals surface area contributed by atoms with E-state index in [-0.39, 0.29) is 10.6 Å². The molecule has 0 aliphatic carbocycles. The zero-order valence-electron chi connectivity index (χ0n) is 8.61. The van der Waals surface area contributed by atoms with Gasteiger partial charge in [-0.2, -0.15) is 8.42 Å². The van der Waals surface area contributed by atoms with E-state index in [1.54, 1.807) is 6.07 Å². The minimum absolute atomic E-state index is 0.00658. The van der Waals surface area contributed by atoms with Gasteiger partial charge >= 0.3 is 0 Å². The second-order valence-electron chi connectivity index (χ2n) is 3.37. The van der Waals surface area contributed by atoms with Gasteiger partial charge in [0.05, 0.1) is 4.90 Å². The Morgan fingerprint density at radius 3 is 2.24 bits per heavy atom. The molecule has 0 saturated carbocycles. The largest absolute Gasteiger partial charge is 0.506 e. The summed E-state index contributed by atoms with van der Waals surface area (Å²) in [7, 11) is -4.19. The molecule has 0 atom stereocenters. The lowest BCUT2D eigenvalue weighted by molar-refractivity contribution is 0.475. The third-order valence-electron chi connectivity index (χ3n) is 2.21. The molecule has 0 bridgehead atoms. The number of pyridine rings is 1. The SMILES string of the molecule is O=S(=O)(O)c1ccc(-c2ncccc2O)cc1. The summed E-state index contributed by atoms with van der Waals surface area (Å²) >= 11 is 0. The lowest BCUT2D eigenvalue weighted by Crippen LogP contribution is -1.97. The molecule has 17 heavy (non-hydrogen) atoms. The van der Waals surface area contributed by atoms with Gasteiger partial charge in [0.25, 0.3) is 10.1 Å². The van der Waals surface area contributed by atoms with Crippen LogP contribution >= 0.6 is 0 Å². The summed E-state index contributed by atoms with van der Waals surface area (Å²) < 4.78 is 30.5. The van der Waals surface area contributed by atoms with E-state index in [4.69, 9.17) is 4.55 Å². The van der Waals surface area contributed by atoms with E-state index in [1.165, 1.54) is 36.5 Å². The Morgan fingerprint density at radius 2 is 1.71 bits per heavy atom. The second kappa shape index (κ2) is 4.15. The van der Waals surface area contributed by atoms with Crippen LogP contribution in [0.1, 0.15) is 0 Å². The standard InChI is InChI=1S/C11H9NO4S/c13-10-2-1-7-12-11(10)8-3-5-9(6-4-8)17(14,15)16/h1-7,13H,(H,14,15,16). The fourth-order valence-electron chi connectivity index (χ4n) is 1.40. The van der Waals surface area contributed by atoms with Gasteiger partial charge in [-0.05, 0) is 24.3 Å². The summed E-state index contributed by atoms with van der Waals surface area (Å²) in [6, 6.07) is 8.50. The van der Waals surface area contributed by atoms with Crippen LogP contribution in [0.5, 0.6) is 5.75 Å². The molecule has 0 amide bonds. The topological polar surface area (TPSA) is 87.5 Å². The first-order chi connectivity index (χ1) is 7.98. The van der Waals surface area contributed by atoms with E-state index in [0.717, 1.165) is 0 Å². The predicted molar refractivity (Wildman–Crippen MR) is 61.2 cm³/mol. The number of nitrogens with zero attached hydrogens (tertiary/aromatic N) is 1. The maximum Gasteiger partial charge on any atom is 0.294 e. The Balaban J connectivity index is 2.47. The minimum atomic E-state index is -4.19. The van der Waals surface area contributed by atoms with Crippen molar-refractivity contribution in [1.82, 2.24) is 4.98 Å². The molecule has 0 radical (unpaired) electrons. The fourth-order valence-corrected chi connectivity index (χ4v) is 1.88. The molecule has 2 rings (SSSR count). The van der Waals surface area contributed by atoms with Crippen molar-refractivity contribution in [2.75, 3.05) is 0 Å². The van der Waals surface area contributed by atoms with Crippen LogP contribution in [0.3, 0.4) is 0 Å². The highest BCUT2D eigenvalue weighted by atomic mass is 32.2. The molecule has 88 valence electrons. The van der Waals surface area contributed by atoms with Gasteiger partial charge in [0.2, 0.25) is 0 Å². The molecule has 0 fully saturated rings. The van der Waals surface area contributed by atoms with Crippen LogP contribution in [-0.4, -0.2) is 23.1 Å². The normalized spacial score (nSPS) is 11.4. The number of rotatable bonds is 2. The average Bonchev–Trinajstić information content (AvgIpc) is 2.29. The van der Waals surface area contributed by atoms with E-state index in [0.29, 0.717) is 11.3 Å². The van der Waals surface area contributed by atoms with Crippen molar-refractivity contribution in [3.05, 3.63) is 42.6 Å². The quantitative estimate of drug-likeness (QED) is 0.793. The van der Waals surface area contributed by atoms with Gasteiger partial charge in [0.15, 0.2) is 0 Å². The third-order valence-corrected chi connectivity index (χ3v) is 3.08. The van der Waals surface area contributed by atoms with Crippen molar-refractivity contribution in [2.45, 2.75) is 4.90 Å². The van der Waals surface area contributed by atoms with E-state index in [2.05, 4.69) is 4.98 Å². The van der Waals surface area contributed by atoms with Crippen molar-refractivity contribution in [2.24, 2.45) is 0 Å². The van der Waals surface area contributed by atoms with Gasteiger partial charge in [-0.3, -0.25) is 9.54 Å². The van der Waals surface area contributed by atoms with E-state index >= 15 is 0 Å². The van der Waals surface area contributed by atoms with Crippen molar-refractivity contribution >= 4 is 10.1 Å². The summed E-state index contributed by atoms with van der Waals surface area (Å²) in [6.45, 7) is 0. The van der Waals surface area contributed by atoms with Gasteiger partial charge < -0.3 is 5.11 Å². The summed E-state index contributed by atoms with van der Waals surface area (Å²) in [4.78, 5) is 3.78.